The number of benzene rings is 4. The Labute approximate surface area is 360 Å². The third-order valence-electron chi connectivity index (χ3n) is 12.0. The van der Waals surface area contributed by atoms with E-state index in [9.17, 15) is 23.3 Å². The molecule has 3 aliphatic rings. The second-order valence-electron chi connectivity index (χ2n) is 16.9. The molecule has 61 heavy (non-hydrogen) atoms. The molecule has 1 amide bonds. The Balaban J connectivity index is 1.01. The van der Waals surface area contributed by atoms with Gasteiger partial charge in [0.1, 0.15) is 17.2 Å². The fraction of sp³-hybridized carbons (Fsp3) is 0.378. The van der Waals surface area contributed by atoms with E-state index in [1.807, 2.05) is 18.2 Å². The van der Waals surface area contributed by atoms with E-state index in [2.05, 4.69) is 56.0 Å². The van der Waals surface area contributed by atoms with Gasteiger partial charge >= 0.3 is 0 Å². The number of carbonyl (C=O) groups excluding carboxylic acids is 1. The zero-order valence-electron chi connectivity index (χ0n) is 34.3. The van der Waals surface area contributed by atoms with Crippen LogP contribution in [0.1, 0.15) is 61.9 Å². The van der Waals surface area contributed by atoms with Crippen LogP contribution in [0.5, 0.6) is 11.5 Å². The summed E-state index contributed by atoms with van der Waals surface area (Å²) in [6.45, 7) is 10.4. The summed E-state index contributed by atoms with van der Waals surface area (Å²) < 4.78 is 41.3. The van der Waals surface area contributed by atoms with Crippen LogP contribution in [0.4, 0.5) is 17.1 Å². The van der Waals surface area contributed by atoms with Gasteiger partial charge in [-0.15, -0.1) is 0 Å². The second kappa shape index (κ2) is 17.9. The molecule has 0 unspecified atom stereocenters. The number of amides is 1. The first-order valence-electron chi connectivity index (χ1n) is 20.7. The third-order valence-corrected chi connectivity index (χ3v) is 13.6. The Bertz CT molecular complexity index is 2560. The van der Waals surface area contributed by atoms with E-state index in [1.165, 1.54) is 28.8 Å². The van der Waals surface area contributed by atoms with Crippen molar-refractivity contribution >= 4 is 61.1 Å². The molecule has 5 aromatic rings. The normalized spacial score (nSPS) is 17.7. The van der Waals surface area contributed by atoms with Crippen LogP contribution >= 0.6 is 11.6 Å². The largest absolute Gasteiger partial charge is 0.456 e. The van der Waals surface area contributed by atoms with Gasteiger partial charge in [-0.3, -0.25) is 24.9 Å². The van der Waals surface area contributed by atoms with Crippen molar-refractivity contribution in [3.8, 4) is 11.5 Å². The molecule has 0 saturated carbocycles. The van der Waals surface area contributed by atoms with E-state index in [0.29, 0.717) is 30.9 Å². The number of nitrogens with zero attached hydrogens (tertiary/aromatic N) is 4. The van der Waals surface area contributed by atoms with E-state index in [4.69, 9.17) is 21.1 Å². The predicted molar refractivity (Wildman–Crippen MR) is 237 cm³/mol. The molecular weight excluding hydrogens is 818 g/mol. The lowest BCUT2D eigenvalue weighted by Gasteiger charge is -2.39. The number of H-pyrrole nitrogens is 1. The molecule has 14 nitrogen and oxygen atoms in total. The van der Waals surface area contributed by atoms with Gasteiger partial charge in [-0.05, 0) is 103 Å². The highest BCUT2D eigenvalue weighted by Crippen LogP contribution is 2.43. The smallest absolute Gasteiger partial charge is 0.293 e. The topological polar surface area (TPSA) is 172 Å². The Morgan fingerprint density at radius 1 is 1.02 bits per heavy atom. The first-order chi connectivity index (χ1) is 29.3. The van der Waals surface area contributed by atoms with Crippen LogP contribution in [0.2, 0.25) is 5.02 Å². The first-order valence-corrected chi connectivity index (χ1v) is 22.5. The molecule has 2 saturated heterocycles. The Hall–Kier alpha value is -5.48. The van der Waals surface area contributed by atoms with Crippen molar-refractivity contribution in [3.05, 3.63) is 117 Å². The predicted octanol–water partition coefficient (Wildman–Crippen LogP) is 8.66. The molecule has 2 fully saturated rings. The van der Waals surface area contributed by atoms with Crippen molar-refractivity contribution in [1.82, 2.24) is 19.8 Å². The van der Waals surface area contributed by atoms with Crippen molar-refractivity contribution in [2.45, 2.75) is 50.8 Å². The molecule has 8 rings (SSSR count). The van der Waals surface area contributed by atoms with Crippen LogP contribution < -0.4 is 19.7 Å². The van der Waals surface area contributed by atoms with Gasteiger partial charge in [0.05, 0.1) is 32.5 Å². The highest BCUT2D eigenvalue weighted by atomic mass is 35.5. The van der Waals surface area contributed by atoms with Crippen LogP contribution in [0.15, 0.2) is 95.5 Å². The number of sulfonamides is 1. The average molecular weight is 868 g/mol. The molecule has 3 N–H and O–H groups in total. The fourth-order valence-corrected chi connectivity index (χ4v) is 9.56. The number of nitro groups is 1. The van der Waals surface area contributed by atoms with Crippen LogP contribution in [-0.4, -0.2) is 86.8 Å². The van der Waals surface area contributed by atoms with E-state index < -0.39 is 31.4 Å². The maximum Gasteiger partial charge on any atom is 0.293 e. The summed E-state index contributed by atoms with van der Waals surface area (Å²) in [7, 11) is -4.55. The standard InChI is InChI=1S/C45H50ClN7O7S/c1-45(2)17-14-32(37(26-45)31-6-8-33(46)9-7-31)29-51-18-20-52(21-19-51)34-10-12-36(43(24-34)60-42-5-3-4-39-38(42)28-48-49-39)44(54)50-61(57,58)35-11-13-40(41(25-35)53(55)56)47-27-30-15-22-59-23-16-30/h3-13,24-25,28,30,47H,14-23,26-27,29H2,1-2H3,(H,48,49)(H,50,54). The molecule has 0 radical (unpaired) electrons. The second-order valence-corrected chi connectivity index (χ2v) is 19.0. The number of fused-ring (bicyclic) bond motifs is 1. The first kappa shape index (κ1) is 42.2. The number of aromatic amines is 1. The summed E-state index contributed by atoms with van der Waals surface area (Å²) in [5.41, 5.74) is 5.63. The summed E-state index contributed by atoms with van der Waals surface area (Å²) in [4.78, 5) is 29.7. The Morgan fingerprint density at radius 2 is 1.79 bits per heavy atom. The molecule has 1 aromatic heterocycles. The van der Waals surface area contributed by atoms with E-state index in [-0.39, 0.29) is 28.3 Å². The van der Waals surface area contributed by atoms with Crippen molar-refractivity contribution in [2.24, 2.45) is 11.3 Å². The summed E-state index contributed by atoms with van der Waals surface area (Å²) in [6, 6.07) is 22.2. The monoisotopic (exact) mass is 867 g/mol. The maximum atomic E-state index is 14.0. The third kappa shape index (κ3) is 9.86. The number of anilines is 2. The fourth-order valence-electron chi connectivity index (χ4n) is 8.45. The number of ether oxygens (including phenoxy) is 2. The lowest BCUT2D eigenvalue weighted by Crippen LogP contribution is -2.47. The molecule has 0 atom stereocenters. The number of piperazine rings is 1. The highest BCUT2D eigenvalue weighted by Gasteiger charge is 2.31. The van der Waals surface area contributed by atoms with Gasteiger partial charge in [-0.2, -0.15) is 5.10 Å². The maximum absolute atomic E-state index is 14.0. The summed E-state index contributed by atoms with van der Waals surface area (Å²) >= 11 is 6.24. The summed E-state index contributed by atoms with van der Waals surface area (Å²) in [5.74, 6) is -0.112. The molecule has 0 bridgehead atoms. The lowest BCUT2D eigenvalue weighted by molar-refractivity contribution is -0.384. The number of allylic oxidation sites excluding steroid dienone is 1. The minimum atomic E-state index is -4.55. The SMILES string of the molecule is CC1(C)CCC(CN2CCN(c3ccc(C(=O)NS(=O)(=O)c4ccc(NCC5CCOCC5)c([N+](=O)[O-])c4)c(Oc4cccc5[nH]ncc45)c3)CC2)=C(c2ccc(Cl)cc2)C1. The number of nitrogens with one attached hydrogen (secondary N) is 3. The minimum absolute atomic E-state index is 0.0300. The number of carbonyl (C=O) groups is 1. The zero-order valence-corrected chi connectivity index (χ0v) is 35.9. The van der Waals surface area contributed by atoms with Gasteiger partial charge in [0.15, 0.2) is 0 Å². The van der Waals surface area contributed by atoms with Gasteiger partial charge in [-0.1, -0.05) is 49.2 Å². The molecule has 0 spiro atoms. The number of hydrogen-bond acceptors (Lipinski definition) is 11. The summed E-state index contributed by atoms with van der Waals surface area (Å²) in [6.07, 6.45) is 6.46. The Morgan fingerprint density at radius 3 is 2.54 bits per heavy atom. The highest BCUT2D eigenvalue weighted by molar-refractivity contribution is 7.90. The molecule has 2 aliphatic heterocycles. The van der Waals surface area contributed by atoms with Crippen molar-refractivity contribution in [3.63, 3.8) is 0 Å². The number of nitro benzene ring substituents is 1. The van der Waals surface area contributed by atoms with Crippen LogP contribution in [0.25, 0.3) is 16.5 Å². The quantitative estimate of drug-likeness (QED) is 0.0764. The minimum Gasteiger partial charge on any atom is -0.456 e. The molecule has 3 heterocycles. The number of aromatic nitrogens is 2. The van der Waals surface area contributed by atoms with Gasteiger partial charge in [0.25, 0.3) is 21.6 Å². The number of halogens is 1. The van der Waals surface area contributed by atoms with E-state index in [1.54, 1.807) is 36.5 Å². The van der Waals surface area contributed by atoms with E-state index >= 15 is 0 Å². The van der Waals surface area contributed by atoms with Crippen molar-refractivity contribution in [1.29, 1.82) is 0 Å². The van der Waals surface area contributed by atoms with Crippen molar-refractivity contribution < 1.29 is 27.6 Å². The molecule has 16 heteroatoms. The molecule has 1 aliphatic carbocycles. The summed E-state index contributed by atoms with van der Waals surface area (Å²) in [5, 5.41) is 23.6. The zero-order chi connectivity index (χ0) is 42.7. The number of rotatable bonds is 13. The van der Waals surface area contributed by atoms with Gasteiger partial charge < -0.3 is 19.7 Å². The molecule has 320 valence electrons. The average Bonchev–Trinajstić information content (AvgIpc) is 3.74. The van der Waals surface area contributed by atoms with Crippen LogP contribution in [0.3, 0.4) is 0 Å². The lowest BCUT2D eigenvalue weighted by atomic mass is 9.72. The number of hydrogen-bond donors (Lipinski definition) is 3. The van der Waals surface area contributed by atoms with Gasteiger partial charge in [-0.25, -0.2) is 13.1 Å². The van der Waals surface area contributed by atoms with Gasteiger partial charge in [0, 0.05) is 75.3 Å². The van der Waals surface area contributed by atoms with Gasteiger partial charge in [0.2, 0.25) is 0 Å². The Kier molecular flexibility index (Phi) is 12.4. The molecular formula is C45H50ClN7O7S. The van der Waals surface area contributed by atoms with Crippen LogP contribution in [-0.2, 0) is 14.8 Å². The van der Waals surface area contributed by atoms with E-state index in [0.717, 1.165) is 87.1 Å². The van der Waals surface area contributed by atoms with Crippen LogP contribution in [0, 0.1) is 21.4 Å². The van der Waals surface area contributed by atoms with Crippen molar-refractivity contribution in [2.75, 3.05) is 62.7 Å². The molecule has 4 aromatic carbocycles.